The molecule has 5 N–H and O–H groups in total. The van der Waals surface area contributed by atoms with Gasteiger partial charge in [0.25, 0.3) is 23.8 Å². The molecule has 8 aromatic rings. The third kappa shape index (κ3) is 32.1. The van der Waals surface area contributed by atoms with Crippen LogP contribution in [-0.2, 0) is 27.1 Å². The SMILES string of the molecule is C.CCCC[CH2][Sn](/[CH]=C/OCC)([CH2]CCC)[CH2]CCC.CCO/C=C/c1cc(NC2CCC(F)(F)CC2)nc(-n2nc(C)cc2C)n1.Cc1cc(C)n(-c2nc(CC=O)cc(NC3CCC(F)(F)CC3)n2)n1.Cc1cc(C)n(-c2nc(CCO)cc(NC3CCC(F)(F)CC3)n2)n1.Cc1cc(C)n(-c2nc(Cl)cc(NC3CCC(F)(F)CC3)n2)n1. The molecule has 24 nitrogen and oxygen atoms in total. The number of unbranched alkanes of at least 4 members (excludes halogenated alkanes) is 4. The molecule has 34 heteroatoms. The molecule has 0 radical (unpaired) electrons. The van der Waals surface area contributed by atoms with Crippen LogP contribution in [0.2, 0.25) is 18.5 Å². The van der Waals surface area contributed by atoms with Crippen LogP contribution in [0.5, 0.6) is 0 Å². The number of anilines is 4. The fourth-order valence-corrected chi connectivity index (χ4v) is 28.4. The average molecular weight is 1810 g/mol. The van der Waals surface area contributed by atoms with Crippen LogP contribution < -0.4 is 21.3 Å². The largest absolute Gasteiger partial charge is 0.501 e. The Balaban J connectivity index is 0.000000207. The molecule has 0 bridgehead atoms. The number of hydrogen-bond donors (Lipinski definition) is 5. The number of aliphatic hydroxyl groups is 1. The number of aliphatic hydroxyl groups excluding tert-OH is 1. The third-order valence-corrected chi connectivity index (χ3v) is 35.4. The van der Waals surface area contributed by atoms with Gasteiger partial charge in [0.1, 0.15) is 34.7 Å². The molecule has 0 atom stereocenters. The number of rotatable bonds is 32. The summed E-state index contributed by atoms with van der Waals surface area (Å²) in [6, 6.07) is 14.4. The molecular weight excluding hydrogens is 1680 g/mol. The van der Waals surface area contributed by atoms with Gasteiger partial charge in [-0.05, 0) is 144 Å². The summed E-state index contributed by atoms with van der Waals surface area (Å²) < 4.78 is 131. The van der Waals surface area contributed by atoms with Gasteiger partial charge in [0.15, 0.2) is 0 Å². The number of ether oxygens (including phenoxy) is 2. The van der Waals surface area contributed by atoms with Crippen molar-refractivity contribution in [2.24, 2.45) is 0 Å². The first-order valence-electron chi connectivity index (χ1n) is 42.2. The van der Waals surface area contributed by atoms with Crippen LogP contribution in [0.3, 0.4) is 0 Å². The minimum atomic E-state index is -2.57. The van der Waals surface area contributed by atoms with Crippen LogP contribution >= 0.6 is 11.6 Å². The van der Waals surface area contributed by atoms with Gasteiger partial charge in [-0.1, -0.05) is 19.0 Å². The summed E-state index contributed by atoms with van der Waals surface area (Å²) in [5.41, 5.74) is 8.93. The molecule has 8 aromatic heterocycles. The van der Waals surface area contributed by atoms with Gasteiger partial charge in [-0.15, -0.1) is 0 Å². The second-order valence-corrected chi connectivity index (χ2v) is 45.2. The molecule has 8 heterocycles. The third-order valence-electron chi connectivity index (χ3n) is 21.2. The number of carbonyl (C=O) groups is 1. The maximum Gasteiger partial charge on any atom is 0.254 e. The van der Waals surface area contributed by atoms with Gasteiger partial charge in [0.05, 0.1) is 52.7 Å². The van der Waals surface area contributed by atoms with Crippen molar-refractivity contribution in [3.8, 4) is 23.8 Å². The van der Waals surface area contributed by atoms with E-state index >= 15 is 0 Å². The smallest absolute Gasteiger partial charge is 0.254 e. The molecule has 120 heavy (non-hydrogen) atoms. The predicted molar refractivity (Wildman–Crippen MR) is 461 cm³/mol. The monoisotopic (exact) mass is 1810 g/mol. The maximum atomic E-state index is 13.4. The summed E-state index contributed by atoms with van der Waals surface area (Å²) in [5.74, 6) is -6.39. The van der Waals surface area contributed by atoms with E-state index in [1.54, 1.807) is 68.6 Å². The number of alkyl halides is 8. The van der Waals surface area contributed by atoms with E-state index in [0.29, 0.717) is 129 Å². The summed E-state index contributed by atoms with van der Waals surface area (Å²) in [6.45, 7) is 27.5. The zero-order valence-electron chi connectivity index (χ0n) is 71.5. The van der Waals surface area contributed by atoms with E-state index in [0.717, 1.165) is 58.4 Å². The van der Waals surface area contributed by atoms with Gasteiger partial charge in [-0.3, -0.25) is 0 Å². The van der Waals surface area contributed by atoms with Crippen LogP contribution in [0.15, 0.2) is 65.1 Å². The van der Waals surface area contributed by atoms with E-state index in [4.69, 9.17) is 21.1 Å². The van der Waals surface area contributed by atoms with Crippen molar-refractivity contribution >= 4 is 65.6 Å². The van der Waals surface area contributed by atoms with Crippen LogP contribution in [0.25, 0.3) is 29.9 Å². The Hall–Kier alpha value is -8.40. The number of hydrogen-bond acceptors (Lipinski definition) is 20. The Labute approximate surface area is 711 Å². The molecule has 4 aliphatic carbocycles. The maximum absolute atomic E-state index is 13.4. The summed E-state index contributed by atoms with van der Waals surface area (Å²) >= 11 is 4.02. The van der Waals surface area contributed by atoms with Crippen LogP contribution in [-0.4, -0.2) is 176 Å². The summed E-state index contributed by atoms with van der Waals surface area (Å²) in [6.07, 6.45) is 18.9. The van der Waals surface area contributed by atoms with Crippen LogP contribution in [0.1, 0.15) is 252 Å². The average Bonchev–Trinajstić information content (AvgIpc) is 1.51. The molecule has 0 aromatic carbocycles. The van der Waals surface area contributed by atoms with Gasteiger partial charge >= 0.3 is 126 Å². The molecular formula is C86H127ClF8N20O4Sn. The number of aromatic nitrogens is 16. The van der Waals surface area contributed by atoms with E-state index in [2.05, 4.69) is 120 Å². The Morgan fingerprint density at radius 2 is 0.767 bits per heavy atom. The molecule has 12 rings (SSSR count). The van der Waals surface area contributed by atoms with Gasteiger partial charge in [0.2, 0.25) is 23.7 Å². The number of aldehydes is 1. The van der Waals surface area contributed by atoms with Crippen molar-refractivity contribution in [2.75, 3.05) is 41.1 Å². The van der Waals surface area contributed by atoms with Crippen molar-refractivity contribution < 1.29 is 54.5 Å². The normalized spacial score (nSPS) is 16.6. The molecule has 0 amide bonds. The van der Waals surface area contributed by atoms with E-state index < -0.39 is 42.1 Å². The molecule has 0 saturated heterocycles. The Bertz CT molecular complexity index is 4490. The molecule has 0 unspecified atom stereocenters. The molecule has 4 aliphatic rings. The van der Waals surface area contributed by atoms with Crippen LogP contribution in [0, 0.1) is 55.4 Å². The predicted octanol–water partition coefficient (Wildman–Crippen LogP) is 21.0. The fraction of sp³-hybridized carbons (Fsp3) is 0.616. The molecule has 4 saturated carbocycles. The number of nitrogens with one attached hydrogen (secondary N) is 4. The van der Waals surface area contributed by atoms with Crippen molar-refractivity contribution in [2.45, 2.75) is 319 Å². The number of halogens is 9. The Kier molecular flexibility index (Phi) is 38.9. The molecule has 662 valence electrons. The van der Waals surface area contributed by atoms with Crippen LogP contribution in [0.4, 0.5) is 58.4 Å². The van der Waals surface area contributed by atoms with Gasteiger partial charge < -0.3 is 35.9 Å². The topological polar surface area (TPSA) is 278 Å². The minimum Gasteiger partial charge on any atom is -0.501 e. The standard InChI is InChI=1S/C19H25F2N5O.C17H23F2N5O.C17H21F2N5O.C15H18ClF2N5.C5H11.C4H7O.2C4H9.CH4.Sn/c1-4-27-10-7-16-12-17(22-15-5-8-19(20,21)9-6-15)24-18(23-16)26-14(3)11-13(2)25-26;2*1-11-9-12(2)24(23-11)16-21-14(5-8-25)10-15(22-16)20-13-3-6-17(18,19)7-4-13;1-9-7-10(2)23(22-9)14-20-12(16)8-13(21-14)19-11-3-5-15(17,18)6-4-11;2*1-3-5-4-2;2*1-3-4-2;;/h7,10-12,15H,4-6,8-9H2,1-3H3,(H,22,23,24);9-10,13,25H,3-8H2,1-2H3,(H,20,21,22);8-10,13H,3-7H2,1-2H3,(H,20,21,22);7-8,11H,3-6H2,1-2H3,(H,19,20,21);1,3-5H2,2H3;1,3H,4H2,2H3;2*1,3-4H2,2H3;1H4;/b10-7+;;;;;;;;;. The van der Waals surface area contributed by atoms with Gasteiger partial charge in [-0.2, -0.15) is 45.3 Å². The van der Waals surface area contributed by atoms with Crippen molar-refractivity contribution in [1.82, 2.24) is 79.0 Å². The number of nitrogens with zero attached hydrogens (tertiary/aromatic N) is 16. The first-order chi connectivity index (χ1) is 56.6. The fourth-order valence-electron chi connectivity index (χ4n) is 14.8. The zero-order valence-corrected chi connectivity index (χ0v) is 75.1. The first-order valence-corrected chi connectivity index (χ1v) is 50.3. The second-order valence-electron chi connectivity index (χ2n) is 31.8. The Morgan fingerprint density at radius 3 is 1.11 bits per heavy atom. The van der Waals surface area contributed by atoms with E-state index in [-0.39, 0.29) is 101 Å². The summed E-state index contributed by atoms with van der Waals surface area (Å²) in [5, 5.41) is 40.0. The van der Waals surface area contributed by atoms with Crippen molar-refractivity contribution in [3.05, 3.63) is 133 Å². The Morgan fingerprint density at radius 1 is 0.442 bits per heavy atom. The van der Waals surface area contributed by atoms with Crippen molar-refractivity contribution in [1.29, 1.82) is 0 Å². The zero-order chi connectivity index (χ0) is 86.5. The van der Waals surface area contributed by atoms with Crippen molar-refractivity contribution in [3.63, 3.8) is 0 Å². The molecule has 4 fully saturated rings. The van der Waals surface area contributed by atoms with Gasteiger partial charge in [0, 0.05) is 142 Å². The first kappa shape index (κ1) is 98.7. The second kappa shape index (κ2) is 47.3. The number of aryl methyl sites for hydroxylation is 8. The summed E-state index contributed by atoms with van der Waals surface area (Å²) in [4.78, 5) is 46.4. The minimum absolute atomic E-state index is 0. The molecule has 0 spiro atoms. The van der Waals surface area contributed by atoms with E-state index in [1.807, 2.05) is 86.6 Å². The van der Waals surface area contributed by atoms with E-state index in [9.17, 15) is 45.0 Å². The van der Waals surface area contributed by atoms with Gasteiger partial charge in [-0.25, -0.2) is 68.8 Å². The van der Waals surface area contributed by atoms with E-state index in [1.165, 1.54) is 44.9 Å². The quantitative estimate of drug-likeness (QED) is 0.00654. The summed E-state index contributed by atoms with van der Waals surface area (Å²) in [7, 11) is 0. The number of carbonyl (C=O) groups excluding carboxylic acids is 1. The molecule has 0 aliphatic heterocycles.